The molecule has 0 unspecified atom stereocenters. The minimum Gasteiger partial charge on any atom is -0.483 e. The standard InChI is InChI=1S/C15H15N3O2S/c16-15(21)12-6-1-2-7-13(12)20-10-14(19)18-9-11-5-3-4-8-17-11/h1-8H,9-10H2,(H2,16,21)(H,18,19). The first-order valence-electron chi connectivity index (χ1n) is 6.35. The summed E-state index contributed by atoms with van der Waals surface area (Å²) in [5, 5.41) is 2.73. The summed E-state index contributed by atoms with van der Waals surface area (Å²) < 4.78 is 5.45. The van der Waals surface area contributed by atoms with Crippen molar-refractivity contribution in [2.75, 3.05) is 6.61 Å². The molecule has 3 N–H and O–H groups in total. The van der Waals surface area contributed by atoms with Crippen molar-refractivity contribution >= 4 is 23.1 Å². The molecule has 0 aliphatic carbocycles. The smallest absolute Gasteiger partial charge is 0.258 e. The minimum absolute atomic E-state index is 0.105. The van der Waals surface area contributed by atoms with Crippen LogP contribution >= 0.6 is 12.2 Å². The van der Waals surface area contributed by atoms with Gasteiger partial charge in [0.25, 0.3) is 5.91 Å². The maximum atomic E-state index is 11.7. The third kappa shape index (κ3) is 4.54. The van der Waals surface area contributed by atoms with Crippen LogP contribution in [0.2, 0.25) is 0 Å². The van der Waals surface area contributed by atoms with Crippen molar-refractivity contribution in [2.45, 2.75) is 6.54 Å². The van der Waals surface area contributed by atoms with E-state index in [2.05, 4.69) is 10.3 Å². The molecule has 0 aliphatic heterocycles. The van der Waals surface area contributed by atoms with Gasteiger partial charge in [0.05, 0.1) is 17.8 Å². The monoisotopic (exact) mass is 301 g/mol. The molecule has 1 amide bonds. The van der Waals surface area contributed by atoms with Gasteiger partial charge in [-0.15, -0.1) is 0 Å². The number of nitrogens with two attached hydrogens (primary N) is 1. The number of aromatic nitrogens is 1. The van der Waals surface area contributed by atoms with E-state index in [9.17, 15) is 4.79 Å². The molecular formula is C15H15N3O2S. The van der Waals surface area contributed by atoms with E-state index in [-0.39, 0.29) is 17.5 Å². The Morgan fingerprint density at radius 3 is 2.71 bits per heavy atom. The van der Waals surface area contributed by atoms with Gasteiger partial charge in [-0.2, -0.15) is 0 Å². The summed E-state index contributed by atoms with van der Waals surface area (Å²) in [6.45, 7) is 0.256. The van der Waals surface area contributed by atoms with Gasteiger partial charge < -0.3 is 15.8 Å². The van der Waals surface area contributed by atoms with Crippen LogP contribution in [0.1, 0.15) is 11.3 Å². The molecule has 1 heterocycles. The molecule has 2 rings (SSSR count). The first-order chi connectivity index (χ1) is 10.2. The number of rotatable bonds is 6. The number of carbonyl (C=O) groups excluding carboxylic acids is 1. The normalized spacial score (nSPS) is 9.90. The summed E-state index contributed by atoms with van der Waals surface area (Å²) in [7, 11) is 0. The molecule has 1 aromatic carbocycles. The molecule has 21 heavy (non-hydrogen) atoms. The molecule has 1 aromatic heterocycles. The number of hydrogen-bond acceptors (Lipinski definition) is 4. The Bertz CT molecular complexity index is 632. The molecule has 108 valence electrons. The maximum Gasteiger partial charge on any atom is 0.258 e. The number of carbonyl (C=O) groups is 1. The predicted molar refractivity (Wildman–Crippen MR) is 83.9 cm³/mol. The summed E-state index contributed by atoms with van der Waals surface area (Å²) in [6.07, 6.45) is 1.68. The zero-order chi connectivity index (χ0) is 15.1. The van der Waals surface area contributed by atoms with Gasteiger partial charge in [-0.1, -0.05) is 30.4 Å². The number of nitrogens with zero attached hydrogens (tertiary/aromatic N) is 1. The summed E-state index contributed by atoms with van der Waals surface area (Å²) in [4.78, 5) is 16.1. The third-order valence-corrected chi connectivity index (χ3v) is 2.92. The highest BCUT2D eigenvalue weighted by Crippen LogP contribution is 2.17. The minimum atomic E-state index is -0.238. The first-order valence-corrected chi connectivity index (χ1v) is 6.76. The van der Waals surface area contributed by atoms with Gasteiger partial charge in [-0.25, -0.2) is 0 Å². The molecule has 0 bridgehead atoms. The highest BCUT2D eigenvalue weighted by molar-refractivity contribution is 7.80. The van der Waals surface area contributed by atoms with Crippen molar-refractivity contribution < 1.29 is 9.53 Å². The van der Waals surface area contributed by atoms with Crippen LogP contribution in [-0.4, -0.2) is 22.5 Å². The van der Waals surface area contributed by atoms with Crippen molar-refractivity contribution in [3.8, 4) is 5.75 Å². The average Bonchev–Trinajstić information content (AvgIpc) is 2.52. The molecule has 0 aliphatic rings. The van der Waals surface area contributed by atoms with Crippen LogP contribution < -0.4 is 15.8 Å². The Labute approximate surface area is 128 Å². The second-order valence-corrected chi connectivity index (χ2v) is 4.69. The predicted octanol–water partition coefficient (Wildman–Crippen LogP) is 1.41. The number of hydrogen-bond donors (Lipinski definition) is 2. The highest BCUT2D eigenvalue weighted by Gasteiger charge is 2.08. The molecular weight excluding hydrogens is 286 g/mol. The van der Waals surface area contributed by atoms with Crippen LogP contribution in [0.3, 0.4) is 0 Å². The zero-order valence-electron chi connectivity index (χ0n) is 11.3. The van der Waals surface area contributed by atoms with Crippen molar-refractivity contribution in [3.63, 3.8) is 0 Å². The lowest BCUT2D eigenvalue weighted by atomic mass is 10.2. The Morgan fingerprint density at radius 1 is 1.24 bits per heavy atom. The molecule has 2 aromatic rings. The van der Waals surface area contributed by atoms with Crippen molar-refractivity contribution in [1.29, 1.82) is 0 Å². The first kappa shape index (κ1) is 14.9. The summed E-state index contributed by atoms with van der Waals surface area (Å²) in [6, 6.07) is 12.6. The van der Waals surface area contributed by atoms with E-state index in [4.69, 9.17) is 22.7 Å². The number of thiocarbonyl (C=S) groups is 1. The van der Waals surface area contributed by atoms with Crippen molar-refractivity contribution in [3.05, 3.63) is 59.9 Å². The fourth-order valence-electron chi connectivity index (χ4n) is 1.68. The van der Waals surface area contributed by atoms with E-state index < -0.39 is 0 Å². The maximum absolute atomic E-state index is 11.7. The highest BCUT2D eigenvalue weighted by atomic mass is 32.1. The summed E-state index contributed by atoms with van der Waals surface area (Å²) in [5.41, 5.74) is 7.00. The molecule has 0 radical (unpaired) electrons. The van der Waals surface area contributed by atoms with Crippen LogP contribution in [0.15, 0.2) is 48.7 Å². The van der Waals surface area contributed by atoms with Gasteiger partial charge >= 0.3 is 0 Å². The molecule has 0 fully saturated rings. The molecule has 6 heteroatoms. The molecule has 0 spiro atoms. The van der Waals surface area contributed by atoms with Crippen molar-refractivity contribution in [1.82, 2.24) is 10.3 Å². The molecule has 0 saturated heterocycles. The van der Waals surface area contributed by atoms with Crippen LogP contribution in [-0.2, 0) is 11.3 Å². The van der Waals surface area contributed by atoms with Crippen LogP contribution in [0, 0.1) is 0 Å². The van der Waals surface area contributed by atoms with E-state index in [1.165, 1.54) is 0 Å². The number of benzene rings is 1. The Hall–Kier alpha value is -2.47. The van der Waals surface area contributed by atoms with E-state index >= 15 is 0 Å². The summed E-state index contributed by atoms with van der Waals surface area (Å²) in [5.74, 6) is 0.261. The molecule has 0 saturated carbocycles. The lowest BCUT2D eigenvalue weighted by Gasteiger charge is -2.10. The number of amides is 1. The SMILES string of the molecule is NC(=S)c1ccccc1OCC(=O)NCc1ccccn1. The summed E-state index contributed by atoms with van der Waals surface area (Å²) >= 11 is 4.93. The number of nitrogens with one attached hydrogen (secondary N) is 1. The van der Waals surface area contributed by atoms with E-state index in [1.54, 1.807) is 24.4 Å². The van der Waals surface area contributed by atoms with Gasteiger partial charge in [-0.3, -0.25) is 9.78 Å². The van der Waals surface area contributed by atoms with Crippen molar-refractivity contribution in [2.24, 2.45) is 5.73 Å². The molecule has 0 atom stereocenters. The lowest BCUT2D eigenvalue weighted by molar-refractivity contribution is -0.123. The van der Waals surface area contributed by atoms with Gasteiger partial charge in [0.1, 0.15) is 10.7 Å². The quantitative estimate of drug-likeness (QED) is 0.789. The Balaban J connectivity index is 1.86. The third-order valence-electron chi connectivity index (χ3n) is 2.70. The van der Waals surface area contributed by atoms with Gasteiger partial charge in [0.2, 0.25) is 0 Å². The van der Waals surface area contributed by atoms with E-state index in [0.29, 0.717) is 17.9 Å². The van der Waals surface area contributed by atoms with Gasteiger partial charge in [0, 0.05) is 6.20 Å². The van der Waals surface area contributed by atoms with E-state index in [0.717, 1.165) is 5.69 Å². The van der Waals surface area contributed by atoms with E-state index in [1.807, 2.05) is 24.3 Å². The Morgan fingerprint density at radius 2 is 2.00 bits per heavy atom. The second-order valence-electron chi connectivity index (χ2n) is 4.25. The molecule has 5 nitrogen and oxygen atoms in total. The Kier molecular flexibility index (Phi) is 5.22. The fraction of sp³-hybridized carbons (Fsp3) is 0.133. The number of ether oxygens (including phenoxy) is 1. The van der Waals surface area contributed by atoms with Crippen LogP contribution in [0.4, 0.5) is 0 Å². The lowest BCUT2D eigenvalue weighted by Crippen LogP contribution is -2.29. The fourth-order valence-corrected chi connectivity index (χ4v) is 1.85. The number of para-hydroxylation sites is 1. The topological polar surface area (TPSA) is 77.2 Å². The average molecular weight is 301 g/mol. The zero-order valence-corrected chi connectivity index (χ0v) is 12.1. The van der Waals surface area contributed by atoms with Crippen LogP contribution in [0.5, 0.6) is 5.75 Å². The van der Waals surface area contributed by atoms with Gasteiger partial charge in [0.15, 0.2) is 6.61 Å². The van der Waals surface area contributed by atoms with Crippen LogP contribution in [0.25, 0.3) is 0 Å². The largest absolute Gasteiger partial charge is 0.483 e. The van der Waals surface area contributed by atoms with Gasteiger partial charge in [-0.05, 0) is 24.3 Å². The second kappa shape index (κ2) is 7.35. The number of pyridine rings is 1.